The number of ether oxygens (including phenoxy) is 2. The fourth-order valence-electron chi connectivity index (χ4n) is 2.65. The standard InChI is InChI=1S/C24H26N2O4/c1-17(2)24(3,16-25)26-22(27)15-30-23(28)20(18-10-6-5-7-11-18)14-19-12-8-9-13-21(19)29-4/h5-14,17H,15H2,1-4H3,(H,26,27)/b20-14+/t24-/m1/s1. The number of nitrogens with zero attached hydrogens (tertiary/aromatic N) is 1. The minimum Gasteiger partial charge on any atom is -0.496 e. The van der Waals surface area contributed by atoms with Crippen LogP contribution in [0.3, 0.4) is 0 Å². The number of carbonyl (C=O) groups is 2. The van der Waals surface area contributed by atoms with Gasteiger partial charge in [0.1, 0.15) is 11.3 Å². The van der Waals surface area contributed by atoms with Gasteiger partial charge in [0.05, 0.1) is 18.8 Å². The van der Waals surface area contributed by atoms with Crippen LogP contribution in [0.25, 0.3) is 11.6 Å². The van der Waals surface area contributed by atoms with Crippen LogP contribution in [0, 0.1) is 17.2 Å². The van der Waals surface area contributed by atoms with E-state index in [1.54, 1.807) is 38.3 Å². The van der Waals surface area contributed by atoms with Crippen LogP contribution >= 0.6 is 0 Å². The van der Waals surface area contributed by atoms with Gasteiger partial charge in [0.15, 0.2) is 6.61 Å². The van der Waals surface area contributed by atoms with E-state index < -0.39 is 24.0 Å². The molecule has 0 bridgehead atoms. The SMILES string of the molecule is COc1ccccc1/C=C(/C(=O)OCC(=O)N[C@](C)(C#N)C(C)C)c1ccccc1. The topological polar surface area (TPSA) is 88.4 Å². The van der Waals surface area contributed by atoms with Crippen LogP contribution in [0.2, 0.25) is 0 Å². The smallest absolute Gasteiger partial charge is 0.339 e. The van der Waals surface area contributed by atoms with E-state index in [4.69, 9.17) is 9.47 Å². The summed E-state index contributed by atoms with van der Waals surface area (Å²) < 4.78 is 10.6. The summed E-state index contributed by atoms with van der Waals surface area (Å²) in [7, 11) is 1.55. The molecule has 156 valence electrons. The molecule has 0 unspecified atom stereocenters. The van der Waals surface area contributed by atoms with Crippen molar-refractivity contribution in [2.45, 2.75) is 26.3 Å². The number of hydrogen-bond acceptors (Lipinski definition) is 5. The number of carbonyl (C=O) groups excluding carboxylic acids is 2. The van der Waals surface area contributed by atoms with Crippen LogP contribution in [0.15, 0.2) is 54.6 Å². The van der Waals surface area contributed by atoms with Gasteiger partial charge in [-0.3, -0.25) is 4.79 Å². The van der Waals surface area contributed by atoms with E-state index in [9.17, 15) is 14.9 Å². The lowest BCUT2D eigenvalue weighted by atomic mass is 9.90. The lowest BCUT2D eigenvalue weighted by molar-refractivity contribution is -0.143. The maximum Gasteiger partial charge on any atom is 0.339 e. The van der Waals surface area contributed by atoms with Crippen LogP contribution in [-0.2, 0) is 14.3 Å². The lowest BCUT2D eigenvalue weighted by Gasteiger charge is -2.27. The van der Waals surface area contributed by atoms with Crippen LogP contribution in [0.1, 0.15) is 31.9 Å². The zero-order chi connectivity index (χ0) is 22.1. The summed E-state index contributed by atoms with van der Waals surface area (Å²) in [5, 5.41) is 12.0. The molecule has 0 aliphatic rings. The molecule has 0 radical (unpaired) electrons. The van der Waals surface area contributed by atoms with Gasteiger partial charge in [-0.15, -0.1) is 0 Å². The van der Waals surface area contributed by atoms with Crippen LogP contribution in [0.4, 0.5) is 0 Å². The van der Waals surface area contributed by atoms with Crippen molar-refractivity contribution in [3.05, 3.63) is 65.7 Å². The molecule has 2 rings (SSSR count). The van der Waals surface area contributed by atoms with Crippen molar-refractivity contribution in [1.82, 2.24) is 5.32 Å². The highest BCUT2D eigenvalue weighted by Gasteiger charge is 2.30. The Balaban J connectivity index is 2.24. The Kier molecular flexibility index (Phi) is 7.76. The number of rotatable bonds is 8. The van der Waals surface area contributed by atoms with Gasteiger partial charge in [-0.25, -0.2) is 4.79 Å². The van der Waals surface area contributed by atoms with Gasteiger partial charge >= 0.3 is 5.97 Å². The molecule has 30 heavy (non-hydrogen) atoms. The molecule has 0 saturated heterocycles. The predicted octanol–water partition coefficient (Wildman–Crippen LogP) is 3.83. The first-order chi connectivity index (χ1) is 14.3. The summed E-state index contributed by atoms with van der Waals surface area (Å²) in [6.07, 6.45) is 1.67. The Labute approximate surface area is 177 Å². The molecule has 0 heterocycles. The second-order valence-electron chi connectivity index (χ2n) is 7.26. The molecule has 1 N–H and O–H groups in total. The summed E-state index contributed by atoms with van der Waals surface area (Å²) in [5.74, 6) is -0.679. The number of hydrogen-bond donors (Lipinski definition) is 1. The molecule has 2 aromatic rings. The molecule has 2 aromatic carbocycles. The third kappa shape index (κ3) is 5.71. The molecule has 1 atom stereocenters. The molecule has 0 fully saturated rings. The van der Waals surface area contributed by atoms with Crippen molar-refractivity contribution < 1.29 is 19.1 Å². The molecule has 1 amide bonds. The first kappa shape index (κ1) is 22.7. The van der Waals surface area contributed by atoms with Gasteiger partial charge in [-0.05, 0) is 30.5 Å². The first-order valence-electron chi connectivity index (χ1n) is 9.60. The van der Waals surface area contributed by atoms with Crippen LogP contribution in [-0.4, -0.2) is 31.1 Å². The Bertz CT molecular complexity index is 961. The van der Waals surface area contributed by atoms with Gasteiger partial charge in [0.25, 0.3) is 5.91 Å². The predicted molar refractivity (Wildman–Crippen MR) is 115 cm³/mol. The Hall–Kier alpha value is -3.59. The number of amides is 1. The maximum absolute atomic E-state index is 12.8. The van der Waals surface area contributed by atoms with Crippen molar-refractivity contribution in [3.63, 3.8) is 0 Å². The summed E-state index contributed by atoms with van der Waals surface area (Å²) in [6.45, 7) is 4.81. The molecule has 6 nitrogen and oxygen atoms in total. The normalized spacial score (nSPS) is 13.1. The number of methoxy groups -OCH3 is 1. The molecule has 0 spiro atoms. The molecule has 6 heteroatoms. The van der Waals surface area contributed by atoms with Gasteiger partial charge in [-0.2, -0.15) is 5.26 Å². The summed E-state index contributed by atoms with van der Waals surface area (Å²) in [6, 6.07) is 18.4. The van der Waals surface area contributed by atoms with E-state index >= 15 is 0 Å². The van der Waals surface area contributed by atoms with Gasteiger partial charge in [0, 0.05) is 5.56 Å². The third-order valence-electron chi connectivity index (χ3n) is 4.86. The summed E-state index contributed by atoms with van der Waals surface area (Å²) in [4.78, 5) is 25.1. The second kappa shape index (κ2) is 10.3. The van der Waals surface area contributed by atoms with E-state index in [1.807, 2.05) is 50.2 Å². The van der Waals surface area contributed by atoms with Crippen molar-refractivity contribution in [2.24, 2.45) is 5.92 Å². The zero-order valence-corrected chi connectivity index (χ0v) is 17.6. The highest BCUT2D eigenvalue weighted by atomic mass is 16.5. The van der Waals surface area contributed by atoms with E-state index in [0.717, 1.165) is 0 Å². The maximum atomic E-state index is 12.8. The molecular formula is C24H26N2O4. The number of nitriles is 1. The monoisotopic (exact) mass is 406 g/mol. The third-order valence-corrected chi connectivity index (χ3v) is 4.86. The minimum absolute atomic E-state index is 0.104. The van der Waals surface area contributed by atoms with Gasteiger partial charge in [-0.1, -0.05) is 62.4 Å². The Morgan fingerprint density at radius 3 is 2.37 bits per heavy atom. The molecule has 0 aliphatic carbocycles. The van der Waals surface area contributed by atoms with E-state index in [0.29, 0.717) is 22.4 Å². The van der Waals surface area contributed by atoms with Crippen molar-refractivity contribution >= 4 is 23.5 Å². The highest BCUT2D eigenvalue weighted by molar-refractivity contribution is 6.22. The largest absolute Gasteiger partial charge is 0.496 e. The zero-order valence-electron chi connectivity index (χ0n) is 17.6. The molecular weight excluding hydrogens is 380 g/mol. The van der Waals surface area contributed by atoms with Crippen molar-refractivity contribution in [1.29, 1.82) is 5.26 Å². The van der Waals surface area contributed by atoms with Gasteiger partial charge < -0.3 is 14.8 Å². The van der Waals surface area contributed by atoms with Crippen molar-refractivity contribution in [3.8, 4) is 11.8 Å². The second-order valence-corrected chi connectivity index (χ2v) is 7.26. The quantitative estimate of drug-likeness (QED) is 0.409. The average Bonchev–Trinajstić information content (AvgIpc) is 2.76. The fraction of sp³-hybridized carbons (Fsp3) is 0.292. The Morgan fingerprint density at radius 2 is 1.77 bits per heavy atom. The Morgan fingerprint density at radius 1 is 1.13 bits per heavy atom. The summed E-state index contributed by atoms with van der Waals surface area (Å²) >= 11 is 0. The minimum atomic E-state index is -1.04. The molecule has 0 aliphatic heterocycles. The first-order valence-corrected chi connectivity index (χ1v) is 9.60. The van der Waals surface area contributed by atoms with Gasteiger partial charge in [0.2, 0.25) is 0 Å². The fourth-order valence-corrected chi connectivity index (χ4v) is 2.65. The van der Waals surface area contributed by atoms with Crippen molar-refractivity contribution in [2.75, 3.05) is 13.7 Å². The van der Waals surface area contributed by atoms with E-state index in [2.05, 4.69) is 11.4 Å². The number of esters is 1. The molecule has 0 aromatic heterocycles. The molecule has 0 saturated carbocycles. The lowest BCUT2D eigenvalue weighted by Crippen LogP contribution is -2.50. The number of benzene rings is 2. The number of nitrogens with one attached hydrogen (secondary N) is 1. The van der Waals surface area contributed by atoms with E-state index in [-0.39, 0.29) is 5.92 Å². The van der Waals surface area contributed by atoms with E-state index in [1.165, 1.54) is 0 Å². The highest BCUT2D eigenvalue weighted by Crippen LogP contribution is 2.25. The summed E-state index contributed by atoms with van der Waals surface area (Å²) in [5.41, 5.74) is 0.605. The number of para-hydroxylation sites is 1. The van der Waals surface area contributed by atoms with Crippen LogP contribution in [0.5, 0.6) is 5.75 Å². The van der Waals surface area contributed by atoms with Crippen LogP contribution < -0.4 is 10.1 Å². The average molecular weight is 406 g/mol.